The Morgan fingerprint density at radius 1 is 1.38 bits per heavy atom. The fourth-order valence-electron chi connectivity index (χ4n) is 1.38. The Balaban J connectivity index is 1.90. The first-order valence-corrected chi connectivity index (χ1v) is 5.25. The number of imidazole rings is 1. The third-order valence-corrected chi connectivity index (χ3v) is 2.55. The molecule has 0 fully saturated rings. The Morgan fingerprint density at radius 2 is 2.25 bits per heavy atom. The van der Waals surface area contributed by atoms with E-state index >= 15 is 0 Å². The van der Waals surface area contributed by atoms with Gasteiger partial charge < -0.3 is 10.3 Å². The van der Waals surface area contributed by atoms with E-state index in [1.807, 2.05) is 0 Å². The highest BCUT2D eigenvalue weighted by molar-refractivity contribution is 6.31. The molecule has 0 aliphatic heterocycles. The summed E-state index contributed by atoms with van der Waals surface area (Å²) in [7, 11) is 0. The third kappa shape index (κ3) is 2.81. The number of nitrogens with zero attached hydrogens (tertiary/aromatic N) is 1. The number of aromatic nitrogens is 2. The van der Waals surface area contributed by atoms with E-state index in [-0.39, 0.29) is 5.82 Å². The Labute approximate surface area is 97.7 Å². The Bertz CT molecular complexity index is 456. The smallest absolute Gasteiger partial charge is 0.124 e. The van der Waals surface area contributed by atoms with Crippen LogP contribution >= 0.6 is 11.6 Å². The molecule has 0 saturated heterocycles. The van der Waals surface area contributed by atoms with Gasteiger partial charge >= 0.3 is 0 Å². The van der Waals surface area contributed by atoms with Crippen LogP contribution in [0.2, 0.25) is 5.02 Å². The van der Waals surface area contributed by atoms with Crippen LogP contribution in [0.3, 0.4) is 0 Å². The van der Waals surface area contributed by atoms with Crippen LogP contribution in [0, 0.1) is 5.82 Å². The van der Waals surface area contributed by atoms with E-state index in [0.717, 1.165) is 11.3 Å². The molecule has 0 unspecified atom stereocenters. The van der Waals surface area contributed by atoms with Crippen molar-refractivity contribution in [2.75, 3.05) is 0 Å². The van der Waals surface area contributed by atoms with Crippen molar-refractivity contribution in [3.8, 4) is 0 Å². The van der Waals surface area contributed by atoms with Gasteiger partial charge in [0.2, 0.25) is 0 Å². The maximum atomic E-state index is 12.8. The minimum Gasteiger partial charge on any atom is -0.347 e. The minimum atomic E-state index is -0.317. The Morgan fingerprint density at radius 3 is 2.94 bits per heavy atom. The summed E-state index contributed by atoms with van der Waals surface area (Å²) in [5.74, 6) is -0.317. The zero-order valence-corrected chi connectivity index (χ0v) is 9.26. The van der Waals surface area contributed by atoms with Gasteiger partial charge in [0.15, 0.2) is 0 Å². The van der Waals surface area contributed by atoms with Gasteiger partial charge in [0.05, 0.1) is 6.33 Å². The van der Waals surface area contributed by atoms with Gasteiger partial charge in [0.25, 0.3) is 0 Å². The summed E-state index contributed by atoms with van der Waals surface area (Å²) in [5.41, 5.74) is 1.88. The van der Waals surface area contributed by atoms with Crippen molar-refractivity contribution in [1.29, 1.82) is 0 Å². The fraction of sp³-hybridized carbons (Fsp3) is 0.182. The zero-order chi connectivity index (χ0) is 11.4. The summed E-state index contributed by atoms with van der Waals surface area (Å²) in [6, 6.07) is 4.39. The molecule has 1 aromatic heterocycles. The van der Waals surface area contributed by atoms with Gasteiger partial charge in [0.1, 0.15) is 5.82 Å². The highest BCUT2D eigenvalue weighted by atomic mass is 35.5. The van der Waals surface area contributed by atoms with Gasteiger partial charge in [-0.05, 0) is 17.7 Å². The largest absolute Gasteiger partial charge is 0.347 e. The highest BCUT2D eigenvalue weighted by Crippen LogP contribution is 2.16. The van der Waals surface area contributed by atoms with Crippen LogP contribution in [0.1, 0.15) is 11.3 Å². The van der Waals surface area contributed by atoms with Crippen molar-refractivity contribution in [1.82, 2.24) is 15.3 Å². The topological polar surface area (TPSA) is 40.7 Å². The number of hydrogen-bond donors (Lipinski definition) is 2. The van der Waals surface area contributed by atoms with Gasteiger partial charge in [-0.25, -0.2) is 9.37 Å². The molecule has 0 aliphatic rings. The van der Waals surface area contributed by atoms with E-state index in [1.54, 1.807) is 18.6 Å². The molecule has 1 heterocycles. The summed E-state index contributed by atoms with van der Waals surface area (Å²) in [6.45, 7) is 1.27. The third-order valence-electron chi connectivity index (χ3n) is 2.20. The van der Waals surface area contributed by atoms with Gasteiger partial charge in [-0.15, -0.1) is 0 Å². The van der Waals surface area contributed by atoms with E-state index in [1.165, 1.54) is 12.1 Å². The molecule has 3 nitrogen and oxygen atoms in total. The first kappa shape index (κ1) is 11.1. The molecule has 2 rings (SSSR count). The average molecular weight is 240 g/mol. The summed E-state index contributed by atoms with van der Waals surface area (Å²) in [5, 5.41) is 3.63. The normalized spacial score (nSPS) is 10.6. The first-order valence-electron chi connectivity index (χ1n) is 4.87. The fourth-order valence-corrected chi connectivity index (χ4v) is 1.61. The number of H-pyrrole nitrogens is 1. The van der Waals surface area contributed by atoms with E-state index < -0.39 is 0 Å². The Kier molecular flexibility index (Phi) is 3.54. The molecule has 84 valence electrons. The molecule has 16 heavy (non-hydrogen) atoms. The second-order valence-electron chi connectivity index (χ2n) is 3.42. The first-order chi connectivity index (χ1) is 7.75. The lowest BCUT2D eigenvalue weighted by Crippen LogP contribution is -2.13. The van der Waals surface area contributed by atoms with Crippen LogP contribution in [-0.2, 0) is 13.1 Å². The van der Waals surface area contributed by atoms with Crippen molar-refractivity contribution in [2.24, 2.45) is 0 Å². The second kappa shape index (κ2) is 5.09. The van der Waals surface area contributed by atoms with Gasteiger partial charge in [-0.3, -0.25) is 0 Å². The molecule has 0 atom stereocenters. The molecule has 0 amide bonds. The van der Waals surface area contributed by atoms with Crippen molar-refractivity contribution < 1.29 is 4.39 Å². The standard InChI is InChI=1S/C11H11ClFN3/c12-11-3-9(13)2-1-8(11)4-14-5-10-6-15-7-16-10/h1-3,6-7,14H,4-5H2,(H,15,16). The lowest BCUT2D eigenvalue weighted by atomic mass is 10.2. The molecule has 0 bridgehead atoms. The SMILES string of the molecule is Fc1ccc(CNCc2cnc[nH]2)c(Cl)c1. The molecular formula is C11H11ClFN3. The Hall–Kier alpha value is -1.39. The predicted molar refractivity (Wildman–Crippen MR) is 60.5 cm³/mol. The minimum absolute atomic E-state index is 0.317. The van der Waals surface area contributed by atoms with Crippen LogP contribution < -0.4 is 5.32 Å². The predicted octanol–water partition coefficient (Wildman–Crippen LogP) is 2.49. The van der Waals surface area contributed by atoms with Crippen LogP contribution in [0.5, 0.6) is 0 Å². The maximum absolute atomic E-state index is 12.8. The quantitative estimate of drug-likeness (QED) is 0.861. The van der Waals surface area contributed by atoms with E-state index in [0.29, 0.717) is 18.1 Å². The molecule has 0 radical (unpaired) electrons. The monoisotopic (exact) mass is 239 g/mol. The van der Waals surface area contributed by atoms with E-state index in [4.69, 9.17) is 11.6 Å². The molecule has 2 aromatic rings. The number of halogens is 2. The van der Waals surface area contributed by atoms with Crippen LogP contribution in [0.15, 0.2) is 30.7 Å². The van der Waals surface area contributed by atoms with E-state index in [9.17, 15) is 4.39 Å². The summed E-state index contributed by atoms with van der Waals surface area (Å²) < 4.78 is 12.8. The summed E-state index contributed by atoms with van der Waals surface area (Å²) in [4.78, 5) is 6.89. The van der Waals surface area contributed by atoms with Crippen LogP contribution in [0.4, 0.5) is 4.39 Å². The average Bonchev–Trinajstić information content (AvgIpc) is 2.74. The highest BCUT2D eigenvalue weighted by Gasteiger charge is 2.01. The van der Waals surface area contributed by atoms with Gasteiger partial charge in [-0.2, -0.15) is 0 Å². The molecule has 0 saturated carbocycles. The number of benzene rings is 1. The van der Waals surface area contributed by atoms with Crippen LogP contribution in [0.25, 0.3) is 0 Å². The number of nitrogens with one attached hydrogen (secondary N) is 2. The van der Waals surface area contributed by atoms with Crippen molar-refractivity contribution in [3.05, 3.63) is 52.8 Å². The van der Waals surface area contributed by atoms with Gasteiger partial charge in [0, 0.05) is 30.0 Å². The number of hydrogen-bond acceptors (Lipinski definition) is 2. The number of rotatable bonds is 4. The number of aromatic amines is 1. The summed E-state index contributed by atoms with van der Waals surface area (Å²) >= 11 is 5.89. The molecule has 2 N–H and O–H groups in total. The lowest BCUT2D eigenvalue weighted by molar-refractivity contribution is 0.624. The van der Waals surface area contributed by atoms with Crippen molar-refractivity contribution >= 4 is 11.6 Å². The zero-order valence-electron chi connectivity index (χ0n) is 8.50. The molecule has 0 spiro atoms. The molecule has 5 heteroatoms. The lowest BCUT2D eigenvalue weighted by Gasteiger charge is -2.05. The summed E-state index contributed by atoms with van der Waals surface area (Å²) in [6.07, 6.45) is 3.38. The van der Waals surface area contributed by atoms with Crippen molar-refractivity contribution in [3.63, 3.8) is 0 Å². The molecular weight excluding hydrogens is 229 g/mol. The second-order valence-corrected chi connectivity index (χ2v) is 3.82. The van der Waals surface area contributed by atoms with Crippen molar-refractivity contribution in [2.45, 2.75) is 13.1 Å². The van der Waals surface area contributed by atoms with E-state index in [2.05, 4.69) is 15.3 Å². The molecule has 1 aromatic carbocycles. The maximum Gasteiger partial charge on any atom is 0.124 e. The van der Waals surface area contributed by atoms with Crippen LogP contribution in [-0.4, -0.2) is 9.97 Å². The molecule has 0 aliphatic carbocycles. The van der Waals surface area contributed by atoms with Gasteiger partial charge in [-0.1, -0.05) is 17.7 Å².